The van der Waals surface area contributed by atoms with Crippen molar-refractivity contribution in [3.63, 3.8) is 0 Å². The van der Waals surface area contributed by atoms with Crippen LogP contribution in [0.25, 0.3) is 17.0 Å². The largest absolute Gasteiger partial charge is 0.478 e. The van der Waals surface area contributed by atoms with E-state index in [1.807, 2.05) is 24.7 Å². The number of aliphatic carboxylic acids is 1. The van der Waals surface area contributed by atoms with E-state index in [1.54, 1.807) is 6.08 Å². The second kappa shape index (κ2) is 4.09. The standard InChI is InChI=1S/C14H15NO2/c1-9-6-10(2)14-11(4-5-13(16)17)8-15(3)12(14)7-9/h4-8H,1-3H3,(H,16,17)/b5-4+. The second-order valence-corrected chi connectivity index (χ2v) is 4.34. The average Bonchev–Trinajstić information content (AvgIpc) is 2.53. The molecule has 0 saturated heterocycles. The molecule has 0 atom stereocenters. The van der Waals surface area contributed by atoms with Crippen LogP contribution >= 0.6 is 0 Å². The minimum Gasteiger partial charge on any atom is -0.478 e. The van der Waals surface area contributed by atoms with Crippen molar-refractivity contribution in [2.24, 2.45) is 7.05 Å². The van der Waals surface area contributed by atoms with E-state index in [-0.39, 0.29) is 0 Å². The smallest absolute Gasteiger partial charge is 0.328 e. The Morgan fingerprint density at radius 1 is 1.35 bits per heavy atom. The van der Waals surface area contributed by atoms with Gasteiger partial charge in [0.2, 0.25) is 0 Å². The number of fused-ring (bicyclic) bond motifs is 1. The summed E-state index contributed by atoms with van der Waals surface area (Å²) < 4.78 is 2.02. The van der Waals surface area contributed by atoms with Crippen LogP contribution in [0.2, 0.25) is 0 Å². The zero-order valence-electron chi connectivity index (χ0n) is 10.2. The zero-order chi connectivity index (χ0) is 12.6. The van der Waals surface area contributed by atoms with Crippen LogP contribution in [0.4, 0.5) is 0 Å². The lowest BCUT2D eigenvalue weighted by atomic mass is 10.0. The van der Waals surface area contributed by atoms with Crippen molar-refractivity contribution in [1.29, 1.82) is 0 Å². The SMILES string of the molecule is Cc1cc(C)c2c(/C=C/C(=O)O)cn(C)c2c1. The van der Waals surface area contributed by atoms with Crippen molar-refractivity contribution in [2.75, 3.05) is 0 Å². The molecule has 1 aromatic carbocycles. The van der Waals surface area contributed by atoms with E-state index in [0.29, 0.717) is 0 Å². The van der Waals surface area contributed by atoms with Crippen molar-refractivity contribution < 1.29 is 9.90 Å². The number of aryl methyl sites for hydroxylation is 3. The van der Waals surface area contributed by atoms with E-state index in [9.17, 15) is 4.79 Å². The first-order chi connectivity index (χ1) is 7.99. The molecule has 0 fully saturated rings. The minimum absolute atomic E-state index is 0.924. The topological polar surface area (TPSA) is 42.2 Å². The van der Waals surface area contributed by atoms with Gasteiger partial charge < -0.3 is 9.67 Å². The Bertz CT molecular complexity index is 621. The van der Waals surface area contributed by atoms with Crippen molar-refractivity contribution in [3.05, 3.63) is 41.1 Å². The van der Waals surface area contributed by atoms with Gasteiger partial charge in [0.25, 0.3) is 0 Å². The Morgan fingerprint density at radius 2 is 2.06 bits per heavy atom. The van der Waals surface area contributed by atoms with Crippen molar-refractivity contribution in [2.45, 2.75) is 13.8 Å². The first-order valence-corrected chi connectivity index (χ1v) is 5.46. The monoisotopic (exact) mass is 229 g/mol. The highest BCUT2D eigenvalue weighted by atomic mass is 16.4. The molecule has 0 aliphatic heterocycles. The molecule has 88 valence electrons. The van der Waals surface area contributed by atoms with Gasteiger partial charge in [-0.25, -0.2) is 4.79 Å². The van der Waals surface area contributed by atoms with Gasteiger partial charge in [-0.3, -0.25) is 0 Å². The highest BCUT2D eigenvalue weighted by Gasteiger charge is 2.07. The number of carboxylic acids is 1. The van der Waals surface area contributed by atoms with Gasteiger partial charge in [-0.1, -0.05) is 6.07 Å². The lowest BCUT2D eigenvalue weighted by Gasteiger charge is -2.02. The molecule has 3 nitrogen and oxygen atoms in total. The molecule has 0 unspecified atom stereocenters. The predicted octanol–water partition coefficient (Wildman–Crippen LogP) is 2.89. The number of benzene rings is 1. The Kier molecular flexibility index (Phi) is 2.76. The molecule has 1 heterocycles. The van der Waals surface area contributed by atoms with E-state index in [4.69, 9.17) is 5.11 Å². The van der Waals surface area contributed by atoms with E-state index >= 15 is 0 Å². The van der Waals surface area contributed by atoms with E-state index < -0.39 is 5.97 Å². The number of hydrogen-bond acceptors (Lipinski definition) is 1. The summed E-state index contributed by atoms with van der Waals surface area (Å²) in [5.41, 5.74) is 4.46. The predicted molar refractivity (Wildman–Crippen MR) is 69.1 cm³/mol. The Morgan fingerprint density at radius 3 is 2.71 bits per heavy atom. The summed E-state index contributed by atoms with van der Waals surface area (Å²) in [5, 5.41) is 9.79. The number of aromatic nitrogens is 1. The van der Waals surface area contributed by atoms with Crippen LogP contribution in [-0.4, -0.2) is 15.6 Å². The van der Waals surface area contributed by atoms with Crippen LogP contribution in [0.5, 0.6) is 0 Å². The summed E-state index contributed by atoms with van der Waals surface area (Å²) >= 11 is 0. The third-order valence-electron chi connectivity index (χ3n) is 2.87. The number of hydrogen-bond donors (Lipinski definition) is 1. The molecule has 0 bridgehead atoms. The quantitative estimate of drug-likeness (QED) is 0.804. The van der Waals surface area contributed by atoms with Crippen molar-refractivity contribution >= 4 is 22.9 Å². The molecule has 0 radical (unpaired) electrons. The molecule has 2 rings (SSSR count). The Hall–Kier alpha value is -2.03. The molecule has 3 heteroatoms. The molecular weight excluding hydrogens is 214 g/mol. The Labute approximate surface area is 100.0 Å². The van der Waals surface area contributed by atoms with Crippen LogP contribution in [0.1, 0.15) is 16.7 Å². The molecule has 0 amide bonds. The third kappa shape index (κ3) is 2.09. The lowest BCUT2D eigenvalue weighted by molar-refractivity contribution is -0.131. The molecule has 0 spiro atoms. The molecule has 1 N–H and O–H groups in total. The maximum atomic E-state index is 10.6. The van der Waals surface area contributed by atoms with E-state index in [2.05, 4.69) is 19.1 Å². The molecule has 0 aliphatic rings. The first kappa shape index (κ1) is 11.5. The van der Waals surface area contributed by atoms with Crippen molar-refractivity contribution in [3.8, 4) is 0 Å². The summed E-state index contributed by atoms with van der Waals surface area (Å²) in [4.78, 5) is 10.6. The summed E-state index contributed by atoms with van der Waals surface area (Å²) in [5.74, 6) is -0.924. The highest BCUT2D eigenvalue weighted by Crippen LogP contribution is 2.26. The van der Waals surface area contributed by atoms with Gasteiger partial charge in [0.15, 0.2) is 0 Å². The van der Waals surface area contributed by atoms with Gasteiger partial charge in [0.05, 0.1) is 0 Å². The van der Waals surface area contributed by atoms with Crippen LogP contribution in [0.3, 0.4) is 0 Å². The third-order valence-corrected chi connectivity index (χ3v) is 2.87. The highest BCUT2D eigenvalue weighted by molar-refractivity contribution is 5.95. The Balaban J connectivity index is 2.70. The average molecular weight is 229 g/mol. The van der Waals surface area contributed by atoms with Crippen LogP contribution in [-0.2, 0) is 11.8 Å². The number of carbonyl (C=O) groups is 1. The van der Waals surface area contributed by atoms with Gasteiger partial charge in [0, 0.05) is 35.8 Å². The van der Waals surface area contributed by atoms with Crippen LogP contribution < -0.4 is 0 Å². The fraction of sp³-hybridized carbons (Fsp3) is 0.214. The van der Waals surface area contributed by atoms with E-state index in [1.165, 1.54) is 17.2 Å². The summed E-state index contributed by atoms with van der Waals surface area (Å²) in [7, 11) is 1.97. The van der Waals surface area contributed by atoms with E-state index in [0.717, 1.165) is 16.5 Å². The minimum atomic E-state index is -0.924. The normalized spacial score (nSPS) is 11.5. The van der Waals surface area contributed by atoms with Gasteiger partial charge in [-0.15, -0.1) is 0 Å². The van der Waals surface area contributed by atoms with Crippen LogP contribution in [0.15, 0.2) is 24.4 Å². The van der Waals surface area contributed by atoms with Gasteiger partial charge in [-0.05, 0) is 37.1 Å². The maximum absolute atomic E-state index is 10.6. The lowest BCUT2D eigenvalue weighted by Crippen LogP contribution is -1.86. The molecule has 0 saturated carbocycles. The summed E-state index contributed by atoms with van der Waals surface area (Å²) in [6.45, 7) is 4.11. The molecular formula is C14H15NO2. The molecule has 0 aliphatic carbocycles. The fourth-order valence-electron chi connectivity index (χ4n) is 2.23. The number of nitrogens with zero attached hydrogens (tertiary/aromatic N) is 1. The number of carboxylic acid groups (broad SMARTS) is 1. The fourth-order valence-corrected chi connectivity index (χ4v) is 2.23. The summed E-state index contributed by atoms with van der Waals surface area (Å²) in [6, 6.07) is 4.22. The molecule has 17 heavy (non-hydrogen) atoms. The van der Waals surface area contributed by atoms with Gasteiger partial charge in [-0.2, -0.15) is 0 Å². The first-order valence-electron chi connectivity index (χ1n) is 5.46. The summed E-state index contributed by atoms with van der Waals surface area (Å²) in [6.07, 6.45) is 4.78. The molecule has 2 aromatic rings. The van der Waals surface area contributed by atoms with Gasteiger partial charge >= 0.3 is 5.97 Å². The zero-order valence-corrected chi connectivity index (χ0v) is 10.2. The van der Waals surface area contributed by atoms with Crippen LogP contribution in [0, 0.1) is 13.8 Å². The second-order valence-electron chi connectivity index (χ2n) is 4.34. The van der Waals surface area contributed by atoms with Gasteiger partial charge in [0.1, 0.15) is 0 Å². The van der Waals surface area contributed by atoms with Crippen molar-refractivity contribution in [1.82, 2.24) is 4.57 Å². The maximum Gasteiger partial charge on any atom is 0.328 e. The number of rotatable bonds is 2. The molecule has 1 aromatic heterocycles.